The second-order valence-electron chi connectivity index (χ2n) is 7.76. The van der Waals surface area contributed by atoms with Gasteiger partial charge in [-0.15, -0.1) is 0 Å². The first-order chi connectivity index (χ1) is 15.6. The lowest BCUT2D eigenvalue weighted by Crippen LogP contribution is -2.37. The molecule has 11 nitrogen and oxygen atoms in total. The molecule has 0 fully saturated rings. The number of hydrogen-bond donors (Lipinski definition) is 1. The average molecular weight is 492 g/mol. The molecule has 0 aliphatic carbocycles. The second kappa shape index (κ2) is 8.80. The molecule has 4 rings (SSSR count). The van der Waals surface area contributed by atoms with E-state index in [0.29, 0.717) is 29.0 Å². The summed E-state index contributed by atoms with van der Waals surface area (Å²) in [6, 6.07) is 4.72. The van der Waals surface area contributed by atoms with Gasteiger partial charge in [0.15, 0.2) is 16.3 Å². The summed E-state index contributed by atoms with van der Waals surface area (Å²) < 4.78 is 29.7. The SMILES string of the molecule is CCCCn1c(SCCn2cnc3c2c(=O)n(C)c(=O)n3C)nc2cc(S(N)(=O)=O)ccc21. The Morgan fingerprint density at radius 1 is 1.12 bits per heavy atom. The summed E-state index contributed by atoms with van der Waals surface area (Å²) >= 11 is 1.51. The van der Waals surface area contributed by atoms with Crippen LogP contribution in [0, 0.1) is 0 Å². The number of primary sulfonamides is 1. The predicted octanol–water partition coefficient (Wildman–Crippen LogP) is 1.02. The summed E-state index contributed by atoms with van der Waals surface area (Å²) in [5.41, 5.74) is 1.32. The molecular weight excluding hydrogens is 466 g/mol. The topological polar surface area (TPSA) is 140 Å². The van der Waals surface area contributed by atoms with Crippen LogP contribution in [0.15, 0.2) is 44.2 Å². The van der Waals surface area contributed by atoms with Crippen molar-refractivity contribution in [1.82, 2.24) is 28.2 Å². The van der Waals surface area contributed by atoms with Crippen molar-refractivity contribution in [3.8, 4) is 0 Å². The number of rotatable bonds is 8. The second-order valence-corrected chi connectivity index (χ2v) is 10.4. The smallest absolute Gasteiger partial charge is 0.324 e. The zero-order chi connectivity index (χ0) is 23.9. The van der Waals surface area contributed by atoms with Gasteiger partial charge in [-0.3, -0.25) is 13.9 Å². The Bertz CT molecular complexity index is 1580. The summed E-state index contributed by atoms with van der Waals surface area (Å²) in [6.45, 7) is 3.33. The number of aromatic nitrogens is 6. The van der Waals surface area contributed by atoms with Crippen molar-refractivity contribution < 1.29 is 8.42 Å². The first kappa shape index (κ1) is 23.3. The number of imidazole rings is 2. The molecule has 0 aliphatic heterocycles. The third-order valence-electron chi connectivity index (χ3n) is 5.53. The largest absolute Gasteiger partial charge is 0.332 e. The van der Waals surface area contributed by atoms with Crippen molar-refractivity contribution >= 4 is 44.0 Å². The van der Waals surface area contributed by atoms with Crippen molar-refractivity contribution in [3.63, 3.8) is 0 Å². The molecule has 0 aliphatic rings. The number of hydrogen-bond acceptors (Lipinski definition) is 7. The molecule has 3 heterocycles. The van der Waals surface area contributed by atoms with Gasteiger partial charge < -0.3 is 9.13 Å². The monoisotopic (exact) mass is 491 g/mol. The van der Waals surface area contributed by atoms with Crippen LogP contribution in [0.5, 0.6) is 0 Å². The van der Waals surface area contributed by atoms with Crippen LogP contribution in [0.4, 0.5) is 0 Å². The summed E-state index contributed by atoms with van der Waals surface area (Å²) in [7, 11) is -0.787. The van der Waals surface area contributed by atoms with E-state index in [-0.39, 0.29) is 10.5 Å². The van der Waals surface area contributed by atoms with E-state index in [1.165, 1.54) is 35.5 Å². The van der Waals surface area contributed by atoms with Gasteiger partial charge in [-0.25, -0.2) is 28.3 Å². The Hall–Kier alpha value is -2.90. The Labute approximate surface area is 193 Å². The lowest BCUT2D eigenvalue weighted by molar-refractivity contribution is 0.597. The summed E-state index contributed by atoms with van der Waals surface area (Å²) in [5.74, 6) is 0.592. The number of nitrogens with two attached hydrogens (primary N) is 1. The van der Waals surface area contributed by atoms with Gasteiger partial charge in [-0.05, 0) is 24.6 Å². The zero-order valence-corrected chi connectivity index (χ0v) is 20.2. The van der Waals surface area contributed by atoms with Crippen LogP contribution >= 0.6 is 11.8 Å². The van der Waals surface area contributed by atoms with Crippen molar-refractivity contribution in [3.05, 3.63) is 45.4 Å². The highest BCUT2D eigenvalue weighted by Crippen LogP contribution is 2.27. The highest BCUT2D eigenvalue weighted by molar-refractivity contribution is 7.99. The fourth-order valence-electron chi connectivity index (χ4n) is 3.71. The normalized spacial score (nSPS) is 12.2. The predicted molar refractivity (Wildman–Crippen MR) is 127 cm³/mol. The Morgan fingerprint density at radius 3 is 2.58 bits per heavy atom. The first-order valence-corrected chi connectivity index (χ1v) is 12.9. The maximum Gasteiger partial charge on any atom is 0.332 e. The summed E-state index contributed by atoms with van der Waals surface area (Å²) in [6.07, 6.45) is 3.51. The van der Waals surface area contributed by atoms with E-state index >= 15 is 0 Å². The molecule has 0 unspecified atom stereocenters. The number of nitrogens with zero attached hydrogens (tertiary/aromatic N) is 6. The van der Waals surface area contributed by atoms with Gasteiger partial charge in [-0.2, -0.15) is 0 Å². The third kappa shape index (κ3) is 4.23. The Morgan fingerprint density at radius 2 is 1.88 bits per heavy atom. The third-order valence-corrected chi connectivity index (χ3v) is 7.40. The van der Waals surface area contributed by atoms with E-state index < -0.39 is 15.7 Å². The number of benzene rings is 1. The molecule has 3 aromatic heterocycles. The van der Waals surface area contributed by atoms with Gasteiger partial charge in [0.05, 0.1) is 22.3 Å². The fraction of sp³-hybridized carbons (Fsp3) is 0.400. The van der Waals surface area contributed by atoms with Crippen LogP contribution in [-0.2, 0) is 37.2 Å². The lowest BCUT2D eigenvalue weighted by Gasteiger charge is -2.09. The molecule has 2 N–H and O–H groups in total. The van der Waals surface area contributed by atoms with Gasteiger partial charge in [0.25, 0.3) is 5.56 Å². The van der Waals surface area contributed by atoms with Crippen LogP contribution in [0.2, 0.25) is 0 Å². The molecule has 1 aromatic carbocycles. The van der Waals surface area contributed by atoms with Crippen LogP contribution in [-0.4, -0.2) is 42.4 Å². The molecule has 0 amide bonds. The molecule has 33 heavy (non-hydrogen) atoms. The molecule has 4 aromatic rings. The number of sulfonamides is 1. The Balaban J connectivity index is 1.64. The summed E-state index contributed by atoms with van der Waals surface area (Å²) in [5, 5.41) is 6.03. The Kier molecular flexibility index (Phi) is 6.20. The molecule has 0 spiro atoms. The zero-order valence-electron chi connectivity index (χ0n) is 18.6. The first-order valence-electron chi connectivity index (χ1n) is 10.4. The molecular formula is C20H25N7O4S2. The van der Waals surface area contributed by atoms with E-state index in [4.69, 9.17) is 5.14 Å². The van der Waals surface area contributed by atoms with Crippen LogP contribution < -0.4 is 16.4 Å². The number of fused-ring (bicyclic) bond motifs is 2. The van der Waals surface area contributed by atoms with Crippen molar-refractivity contribution in [2.24, 2.45) is 19.2 Å². The van der Waals surface area contributed by atoms with Gasteiger partial charge in [-0.1, -0.05) is 25.1 Å². The quantitative estimate of drug-likeness (QED) is 0.363. The molecule has 0 saturated heterocycles. The van der Waals surface area contributed by atoms with E-state index in [1.807, 2.05) is 0 Å². The maximum absolute atomic E-state index is 12.6. The minimum Gasteiger partial charge on any atom is -0.324 e. The minimum atomic E-state index is -3.82. The molecule has 0 bridgehead atoms. The average Bonchev–Trinajstić information content (AvgIpc) is 3.35. The van der Waals surface area contributed by atoms with E-state index in [9.17, 15) is 18.0 Å². The molecule has 0 atom stereocenters. The van der Waals surface area contributed by atoms with Gasteiger partial charge in [0.1, 0.15) is 0 Å². The maximum atomic E-state index is 12.6. The highest BCUT2D eigenvalue weighted by atomic mass is 32.2. The minimum absolute atomic E-state index is 0.0260. The van der Waals surface area contributed by atoms with Crippen LogP contribution in [0.3, 0.4) is 0 Å². The van der Waals surface area contributed by atoms with Gasteiger partial charge in [0.2, 0.25) is 10.0 Å². The number of thioether (sulfide) groups is 1. The summed E-state index contributed by atoms with van der Waals surface area (Å²) in [4.78, 5) is 33.7. The highest BCUT2D eigenvalue weighted by Gasteiger charge is 2.17. The van der Waals surface area contributed by atoms with E-state index in [2.05, 4.69) is 21.5 Å². The molecule has 13 heteroatoms. The van der Waals surface area contributed by atoms with Crippen LogP contribution in [0.1, 0.15) is 19.8 Å². The van der Waals surface area contributed by atoms with E-state index in [1.54, 1.807) is 24.0 Å². The van der Waals surface area contributed by atoms with Crippen molar-refractivity contribution in [2.45, 2.75) is 42.9 Å². The standard InChI is InChI=1S/C20H25N7O4S2/c1-4-5-8-27-15-7-6-13(33(21,30)31)11-14(15)23-19(27)32-10-9-26-12-22-17-16(26)18(28)25(3)20(29)24(17)2/h6-7,11-12H,4-5,8-10H2,1-3H3,(H2,21,30,31). The van der Waals surface area contributed by atoms with Gasteiger partial charge >= 0.3 is 5.69 Å². The molecule has 176 valence electrons. The number of aryl methyl sites for hydroxylation is 3. The van der Waals surface area contributed by atoms with Gasteiger partial charge in [0, 0.05) is 32.9 Å². The molecule has 0 saturated carbocycles. The fourth-order valence-corrected chi connectivity index (χ4v) is 5.22. The van der Waals surface area contributed by atoms with Crippen molar-refractivity contribution in [1.29, 1.82) is 0 Å². The lowest BCUT2D eigenvalue weighted by atomic mass is 10.3. The van der Waals surface area contributed by atoms with Crippen molar-refractivity contribution in [2.75, 3.05) is 5.75 Å². The van der Waals surface area contributed by atoms with E-state index in [0.717, 1.165) is 34.6 Å². The number of unbranched alkanes of at least 4 members (excludes halogenated alkanes) is 1. The van der Waals surface area contributed by atoms with Crippen LogP contribution in [0.25, 0.3) is 22.2 Å². The molecule has 0 radical (unpaired) electrons.